The predicted octanol–water partition coefficient (Wildman–Crippen LogP) is 2.58. The molecule has 0 saturated carbocycles. The van der Waals surface area contributed by atoms with E-state index in [1.54, 1.807) is 19.9 Å². The Morgan fingerprint density at radius 1 is 1.30 bits per heavy atom. The number of para-hydroxylation sites is 1. The van der Waals surface area contributed by atoms with Crippen molar-refractivity contribution in [2.24, 2.45) is 5.41 Å². The Balaban J connectivity index is 2.20. The number of rotatable bonds is 4. The summed E-state index contributed by atoms with van der Waals surface area (Å²) < 4.78 is 5.53. The molecule has 0 aliphatic carbocycles. The van der Waals surface area contributed by atoms with Crippen LogP contribution in [0.5, 0.6) is 0 Å². The van der Waals surface area contributed by atoms with Gasteiger partial charge in [0.05, 0.1) is 5.41 Å². The summed E-state index contributed by atoms with van der Waals surface area (Å²) in [5.74, 6) is -1.13. The number of benzene rings is 1. The molecular weight excluding hydrogens is 258 g/mol. The van der Waals surface area contributed by atoms with Crippen molar-refractivity contribution in [3.05, 3.63) is 35.6 Å². The molecule has 2 aromatic rings. The van der Waals surface area contributed by atoms with Crippen LogP contribution in [-0.2, 0) is 4.79 Å². The summed E-state index contributed by atoms with van der Waals surface area (Å²) >= 11 is 0. The molecule has 0 aliphatic rings. The summed E-state index contributed by atoms with van der Waals surface area (Å²) in [6.07, 6.45) is 0. The molecule has 0 fully saturated rings. The molecule has 2 N–H and O–H groups in total. The molecule has 20 heavy (non-hydrogen) atoms. The third-order valence-corrected chi connectivity index (χ3v) is 3.32. The first kappa shape index (κ1) is 14.1. The predicted molar refractivity (Wildman–Crippen MR) is 74.7 cm³/mol. The van der Waals surface area contributed by atoms with Crippen LogP contribution in [0.3, 0.4) is 0 Å². The SMILES string of the molecule is Cc1c(C(=O)NCC(C)(C)C(=O)O)oc2ccccc12. The van der Waals surface area contributed by atoms with E-state index in [4.69, 9.17) is 9.52 Å². The average molecular weight is 275 g/mol. The zero-order chi connectivity index (χ0) is 14.9. The maximum Gasteiger partial charge on any atom is 0.310 e. The molecule has 0 unspecified atom stereocenters. The van der Waals surface area contributed by atoms with Crippen LogP contribution in [0.4, 0.5) is 0 Å². The van der Waals surface area contributed by atoms with E-state index in [0.717, 1.165) is 10.9 Å². The van der Waals surface area contributed by atoms with Gasteiger partial charge in [-0.25, -0.2) is 0 Å². The second kappa shape index (κ2) is 5.00. The summed E-state index contributed by atoms with van der Waals surface area (Å²) in [7, 11) is 0. The van der Waals surface area contributed by atoms with E-state index in [-0.39, 0.29) is 12.3 Å². The van der Waals surface area contributed by atoms with E-state index in [0.29, 0.717) is 5.58 Å². The van der Waals surface area contributed by atoms with E-state index in [9.17, 15) is 9.59 Å². The van der Waals surface area contributed by atoms with Gasteiger partial charge >= 0.3 is 5.97 Å². The van der Waals surface area contributed by atoms with Gasteiger partial charge in [-0.2, -0.15) is 0 Å². The molecule has 5 heteroatoms. The number of carbonyl (C=O) groups is 2. The minimum absolute atomic E-state index is 0.0393. The normalized spacial score (nSPS) is 11.6. The van der Waals surface area contributed by atoms with E-state index < -0.39 is 17.3 Å². The number of carboxylic acids is 1. The molecule has 5 nitrogen and oxygen atoms in total. The highest BCUT2D eigenvalue weighted by molar-refractivity contribution is 5.99. The van der Waals surface area contributed by atoms with Gasteiger partial charge in [0, 0.05) is 17.5 Å². The van der Waals surface area contributed by atoms with Crippen molar-refractivity contribution in [3.63, 3.8) is 0 Å². The number of carboxylic acid groups (broad SMARTS) is 1. The van der Waals surface area contributed by atoms with Crippen LogP contribution in [0, 0.1) is 12.3 Å². The van der Waals surface area contributed by atoms with Crippen LogP contribution in [0.1, 0.15) is 30.0 Å². The zero-order valence-electron chi connectivity index (χ0n) is 11.7. The quantitative estimate of drug-likeness (QED) is 0.898. The summed E-state index contributed by atoms with van der Waals surface area (Å²) in [5.41, 5.74) is 0.383. The van der Waals surface area contributed by atoms with E-state index in [2.05, 4.69) is 5.32 Å². The largest absolute Gasteiger partial charge is 0.481 e. The molecule has 0 aliphatic heterocycles. The summed E-state index contributed by atoms with van der Waals surface area (Å²) in [4.78, 5) is 23.1. The molecule has 2 rings (SSSR count). The lowest BCUT2D eigenvalue weighted by atomic mass is 9.94. The number of hydrogen-bond donors (Lipinski definition) is 2. The molecule has 0 atom stereocenters. The fourth-order valence-electron chi connectivity index (χ4n) is 1.85. The Bertz CT molecular complexity index is 670. The van der Waals surface area contributed by atoms with Crippen molar-refractivity contribution in [2.45, 2.75) is 20.8 Å². The van der Waals surface area contributed by atoms with Gasteiger partial charge in [-0.05, 0) is 26.8 Å². The number of aryl methyl sites for hydroxylation is 1. The van der Waals surface area contributed by atoms with Gasteiger partial charge in [0.25, 0.3) is 5.91 Å². The Labute approximate surface area is 116 Å². The third kappa shape index (κ3) is 2.52. The van der Waals surface area contributed by atoms with Crippen LogP contribution in [0.2, 0.25) is 0 Å². The van der Waals surface area contributed by atoms with Gasteiger partial charge in [-0.3, -0.25) is 9.59 Å². The zero-order valence-corrected chi connectivity index (χ0v) is 11.7. The number of fused-ring (bicyclic) bond motifs is 1. The summed E-state index contributed by atoms with van der Waals surface area (Å²) in [5, 5.41) is 12.5. The molecule has 0 spiro atoms. The monoisotopic (exact) mass is 275 g/mol. The number of furan rings is 1. The average Bonchev–Trinajstić information content (AvgIpc) is 2.74. The summed E-state index contributed by atoms with van der Waals surface area (Å²) in [6, 6.07) is 7.38. The molecule has 0 saturated heterocycles. The number of carbonyl (C=O) groups excluding carboxylic acids is 1. The molecule has 1 aromatic carbocycles. The summed E-state index contributed by atoms with van der Waals surface area (Å²) in [6.45, 7) is 4.96. The Hall–Kier alpha value is -2.30. The van der Waals surface area contributed by atoms with E-state index in [1.165, 1.54) is 0 Å². The Kier molecular flexibility index (Phi) is 3.53. The fraction of sp³-hybridized carbons (Fsp3) is 0.333. The van der Waals surface area contributed by atoms with Crippen molar-refractivity contribution in [1.29, 1.82) is 0 Å². The maximum atomic E-state index is 12.1. The maximum absolute atomic E-state index is 12.1. The number of amides is 1. The minimum atomic E-state index is -1.02. The molecule has 0 radical (unpaired) electrons. The standard InChI is InChI=1S/C15H17NO4/c1-9-10-6-4-5-7-11(10)20-12(9)13(17)16-8-15(2,3)14(18)19/h4-7H,8H2,1-3H3,(H,16,17)(H,18,19). The van der Waals surface area contributed by atoms with Gasteiger partial charge in [0.15, 0.2) is 5.76 Å². The minimum Gasteiger partial charge on any atom is -0.481 e. The first-order valence-corrected chi connectivity index (χ1v) is 6.32. The molecule has 106 valence electrons. The first-order valence-electron chi connectivity index (χ1n) is 6.32. The van der Waals surface area contributed by atoms with Gasteiger partial charge in [0.2, 0.25) is 0 Å². The van der Waals surface area contributed by atoms with Crippen molar-refractivity contribution in [1.82, 2.24) is 5.32 Å². The van der Waals surface area contributed by atoms with Crippen molar-refractivity contribution < 1.29 is 19.1 Å². The van der Waals surface area contributed by atoms with Crippen molar-refractivity contribution in [3.8, 4) is 0 Å². The number of hydrogen-bond acceptors (Lipinski definition) is 3. The highest BCUT2D eigenvalue weighted by atomic mass is 16.4. The molecule has 1 aromatic heterocycles. The second-order valence-electron chi connectivity index (χ2n) is 5.42. The van der Waals surface area contributed by atoms with Gasteiger partial charge < -0.3 is 14.8 Å². The van der Waals surface area contributed by atoms with Crippen molar-refractivity contribution in [2.75, 3.05) is 6.54 Å². The molecule has 1 amide bonds. The van der Waals surface area contributed by atoms with Crippen LogP contribution in [0.25, 0.3) is 11.0 Å². The lowest BCUT2D eigenvalue weighted by Crippen LogP contribution is -2.38. The molecule has 1 heterocycles. The van der Waals surface area contributed by atoms with Crippen LogP contribution >= 0.6 is 0 Å². The fourth-order valence-corrected chi connectivity index (χ4v) is 1.85. The van der Waals surface area contributed by atoms with Crippen LogP contribution in [0.15, 0.2) is 28.7 Å². The highest BCUT2D eigenvalue weighted by Gasteiger charge is 2.28. The highest BCUT2D eigenvalue weighted by Crippen LogP contribution is 2.25. The van der Waals surface area contributed by atoms with Gasteiger partial charge in [-0.1, -0.05) is 18.2 Å². The van der Waals surface area contributed by atoms with Crippen molar-refractivity contribution >= 4 is 22.8 Å². The third-order valence-electron chi connectivity index (χ3n) is 3.32. The second-order valence-corrected chi connectivity index (χ2v) is 5.42. The van der Waals surface area contributed by atoms with E-state index >= 15 is 0 Å². The van der Waals surface area contributed by atoms with Crippen LogP contribution < -0.4 is 5.32 Å². The smallest absolute Gasteiger partial charge is 0.310 e. The molecular formula is C15H17NO4. The topological polar surface area (TPSA) is 79.5 Å². The number of aliphatic carboxylic acids is 1. The van der Waals surface area contributed by atoms with E-state index in [1.807, 2.05) is 25.1 Å². The Morgan fingerprint density at radius 2 is 1.95 bits per heavy atom. The molecule has 0 bridgehead atoms. The van der Waals surface area contributed by atoms with Gasteiger partial charge in [0.1, 0.15) is 5.58 Å². The first-order chi connectivity index (χ1) is 9.33. The van der Waals surface area contributed by atoms with Gasteiger partial charge in [-0.15, -0.1) is 0 Å². The Morgan fingerprint density at radius 3 is 2.55 bits per heavy atom. The lowest BCUT2D eigenvalue weighted by molar-refractivity contribution is -0.146. The lowest BCUT2D eigenvalue weighted by Gasteiger charge is -2.19. The van der Waals surface area contributed by atoms with Crippen LogP contribution in [-0.4, -0.2) is 23.5 Å². The number of nitrogens with one attached hydrogen (secondary N) is 1.